The monoisotopic (exact) mass is 338 g/mol. The second-order valence-corrected chi connectivity index (χ2v) is 5.82. The molecule has 0 saturated carbocycles. The van der Waals surface area contributed by atoms with Gasteiger partial charge in [0.2, 0.25) is 0 Å². The Morgan fingerprint density at radius 1 is 1.20 bits per heavy atom. The van der Waals surface area contributed by atoms with Gasteiger partial charge in [0.15, 0.2) is 0 Å². The number of pyridine rings is 1. The predicted molar refractivity (Wildman–Crippen MR) is 96.2 cm³/mol. The molecule has 0 unspecified atom stereocenters. The van der Waals surface area contributed by atoms with Crippen LogP contribution in [0.4, 0.5) is 5.69 Å². The zero-order valence-electron chi connectivity index (χ0n) is 14.2. The molecule has 7 nitrogen and oxygen atoms in total. The number of aryl methyl sites for hydroxylation is 3. The van der Waals surface area contributed by atoms with Crippen molar-refractivity contribution in [2.75, 3.05) is 5.32 Å². The van der Waals surface area contributed by atoms with Gasteiger partial charge in [-0.1, -0.05) is 17.7 Å². The number of nitrogens with zero attached hydrogens (tertiary/aromatic N) is 2. The van der Waals surface area contributed by atoms with Crippen LogP contribution in [0.2, 0.25) is 0 Å². The summed E-state index contributed by atoms with van der Waals surface area (Å²) in [5.74, 6) is -0.357. The van der Waals surface area contributed by atoms with Gasteiger partial charge in [0.25, 0.3) is 11.5 Å². The number of hydrogen-bond donors (Lipinski definition) is 2. The highest BCUT2D eigenvalue weighted by molar-refractivity contribution is 6.06. The van der Waals surface area contributed by atoms with E-state index in [1.54, 1.807) is 26.0 Å². The topological polar surface area (TPSA) is 96.9 Å². The number of hydrogen-bond acceptors (Lipinski definition) is 4. The smallest absolute Gasteiger partial charge is 0.322 e. The fraction of sp³-hybridized carbons (Fsp3) is 0.222. The van der Waals surface area contributed by atoms with Gasteiger partial charge < -0.3 is 5.32 Å². The Hall–Kier alpha value is -3.22. The van der Waals surface area contributed by atoms with E-state index in [0.29, 0.717) is 23.5 Å². The Morgan fingerprint density at radius 3 is 2.52 bits per heavy atom. The van der Waals surface area contributed by atoms with Crippen molar-refractivity contribution in [3.63, 3.8) is 0 Å². The summed E-state index contributed by atoms with van der Waals surface area (Å²) in [6, 6.07) is 8.88. The molecular formula is C18H18N4O3. The highest BCUT2D eigenvalue weighted by Crippen LogP contribution is 2.15. The number of aromatic amines is 1. The molecule has 128 valence electrons. The maximum absolute atomic E-state index is 12.6. The molecule has 0 aliphatic rings. The number of aromatic nitrogens is 3. The maximum atomic E-state index is 12.6. The lowest BCUT2D eigenvalue weighted by Crippen LogP contribution is -2.31. The van der Waals surface area contributed by atoms with Crippen LogP contribution in [0.1, 0.15) is 28.5 Å². The first-order valence-electron chi connectivity index (χ1n) is 7.93. The standard InChI is InChI=1S/C18H18N4O3/c1-4-22-15-14(17(24)21-18(22)25)9-13(11(3)19-15)16(23)20-12-7-5-10(2)6-8-12/h5-9H,4H2,1-3H3,(H,20,23)(H,21,24,25). The number of H-pyrrole nitrogens is 1. The highest BCUT2D eigenvalue weighted by atomic mass is 16.2. The summed E-state index contributed by atoms with van der Waals surface area (Å²) in [6.07, 6.45) is 0. The summed E-state index contributed by atoms with van der Waals surface area (Å²) in [6.45, 7) is 5.79. The van der Waals surface area contributed by atoms with Crippen LogP contribution in [0.3, 0.4) is 0 Å². The van der Waals surface area contributed by atoms with Crippen molar-refractivity contribution in [3.8, 4) is 0 Å². The number of carbonyl (C=O) groups is 1. The van der Waals surface area contributed by atoms with Gasteiger partial charge in [0, 0.05) is 12.2 Å². The maximum Gasteiger partial charge on any atom is 0.329 e. The third-order valence-electron chi connectivity index (χ3n) is 4.03. The van der Waals surface area contributed by atoms with E-state index >= 15 is 0 Å². The number of carbonyl (C=O) groups excluding carboxylic acids is 1. The average molecular weight is 338 g/mol. The molecule has 2 aromatic heterocycles. The number of nitrogens with one attached hydrogen (secondary N) is 2. The quantitative estimate of drug-likeness (QED) is 0.763. The van der Waals surface area contributed by atoms with E-state index in [1.807, 2.05) is 19.1 Å². The third kappa shape index (κ3) is 3.08. The third-order valence-corrected chi connectivity index (χ3v) is 4.03. The SMILES string of the molecule is CCn1c(=O)[nH]c(=O)c2cc(C(=O)Nc3ccc(C)cc3)c(C)nc21. The Morgan fingerprint density at radius 2 is 1.88 bits per heavy atom. The van der Waals surface area contributed by atoms with Crippen LogP contribution in [0, 0.1) is 13.8 Å². The molecule has 7 heteroatoms. The molecule has 1 amide bonds. The molecule has 0 atom stereocenters. The van der Waals surface area contributed by atoms with Crippen LogP contribution in [-0.2, 0) is 6.54 Å². The minimum Gasteiger partial charge on any atom is -0.322 e. The Labute approximate surface area is 143 Å². The molecule has 0 spiro atoms. The zero-order valence-corrected chi connectivity index (χ0v) is 14.2. The molecule has 0 fully saturated rings. The number of amides is 1. The Kier molecular flexibility index (Phi) is 4.22. The molecule has 3 aromatic rings. The van der Waals surface area contributed by atoms with E-state index in [9.17, 15) is 14.4 Å². The molecule has 0 saturated heterocycles. The summed E-state index contributed by atoms with van der Waals surface area (Å²) in [7, 11) is 0. The Balaban J connectivity index is 2.09. The first kappa shape index (κ1) is 16.6. The van der Waals surface area contributed by atoms with E-state index in [-0.39, 0.29) is 16.9 Å². The second-order valence-electron chi connectivity index (χ2n) is 5.82. The summed E-state index contributed by atoms with van der Waals surface area (Å²) in [5.41, 5.74) is 1.70. The normalized spacial score (nSPS) is 10.8. The van der Waals surface area contributed by atoms with Crippen LogP contribution >= 0.6 is 0 Å². The first-order valence-corrected chi connectivity index (χ1v) is 7.93. The lowest BCUT2D eigenvalue weighted by Gasteiger charge is -2.11. The van der Waals surface area contributed by atoms with Crippen molar-refractivity contribution in [1.29, 1.82) is 0 Å². The number of benzene rings is 1. The number of fused-ring (bicyclic) bond motifs is 1. The Bertz CT molecular complexity index is 1080. The minimum absolute atomic E-state index is 0.209. The molecule has 25 heavy (non-hydrogen) atoms. The molecule has 2 heterocycles. The molecule has 0 aliphatic heterocycles. The van der Waals surface area contributed by atoms with Gasteiger partial charge in [-0.05, 0) is 39.0 Å². The van der Waals surface area contributed by atoms with Gasteiger partial charge in [-0.15, -0.1) is 0 Å². The molecule has 3 rings (SSSR count). The molecule has 0 radical (unpaired) electrons. The van der Waals surface area contributed by atoms with Crippen LogP contribution in [0.15, 0.2) is 39.9 Å². The van der Waals surface area contributed by atoms with Crippen molar-refractivity contribution in [2.24, 2.45) is 0 Å². The summed E-state index contributed by atoms with van der Waals surface area (Å²) >= 11 is 0. The lowest BCUT2D eigenvalue weighted by molar-refractivity contribution is 0.102. The van der Waals surface area contributed by atoms with Crippen molar-refractivity contribution in [2.45, 2.75) is 27.3 Å². The van der Waals surface area contributed by atoms with Gasteiger partial charge >= 0.3 is 5.69 Å². The van der Waals surface area contributed by atoms with E-state index in [2.05, 4.69) is 15.3 Å². The van der Waals surface area contributed by atoms with Gasteiger partial charge in [0.05, 0.1) is 16.6 Å². The number of anilines is 1. The van der Waals surface area contributed by atoms with Crippen molar-refractivity contribution in [1.82, 2.24) is 14.5 Å². The van der Waals surface area contributed by atoms with Crippen LogP contribution in [-0.4, -0.2) is 20.4 Å². The van der Waals surface area contributed by atoms with E-state index < -0.39 is 11.2 Å². The van der Waals surface area contributed by atoms with Gasteiger partial charge in [-0.25, -0.2) is 9.78 Å². The van der Waals surface area contributed by atoms with Crippen LogP contribution in [0.25, 0.3) is 11.0 Å². The largest absolute Gasteiger partial charge is 0.329 e. The van der Waals surface area contributed by atoms with Gasteiger partial charge in [-0.2, -0.15) is 0 Å². The van der Waals surface area contributed by atoms with Gasteiger partial charge in [-0.3, -0.25) is 19.1 Å². The van der Waals surface area contributed by atoms with Gasteiger partial charge in [0.1, 0.15) is 5.65 Å². The van der Waals surface area contributed by atoms with E-state index in [4.69, 9.17) is 0 Å². The first-order chi connectivity index (χ1) is 11.9. The van der Waals surface area contributed by atoms with E-state index in [0.717, 1.165) is 5.56 Å². The fourth-order valence-corrected chi connectivity index (χ4v) is 2.65. The fourth-order valence-electron chi connectivity index (χ4n) is 2.65. The minimum atomic E-state index is -0.554. The van der Waals surface area contributed by atoms with Crippen LogP contribution < -0.4 is 16.6 Å². The summed E-state index contributed by atoms with van der Waals surface area (Å²) in [4.78, 5) is 43.1. The van der Waals surface area contributed by atoms with Crippen LogP contribution in [0.5, 0.6) is 0 Å². The second kappa shape index (κ2) is 6.35. The molecule has 1 aromatic carbocycles. The number of rotatable bonds is 3. The summed E-state index contributed by atoms with van der Waals surface area (Å²) < 4.78 is 1.37. The molecule has 0 aliphatic carbocycles. The molecular weight excluding hydrogens is 320 g/mol. The van der Waals surface area contributed by atoms with Crippen molar-refractivity contribution >= 4 is 22.6 Å². The summed E-state index contributed by atoms with van der Waals surface area (Å²) in [5, 5.41) is 3.00. The molecule has 0 bridgehead atoms. The predicted octanol–water partition coefficient (Wildman–Crippen LogP) is 1.97. The lowest BCUT2D eigenvalue weighted by atomic mass is 10.1. The van der Waals surface area contributed by atoms with Crippen molar-refractivity contribution < 1.29 is 4.79 Å². The molecule has 2 N–H and O–H groups in total. The zero-order chi connectivity index (χ0) is 18.1. The van der Waals surface area contributed by atoms with E-state index in [1.165, 1.54) is 10.6 Å². The highest BCUT2D eigenvalue weighted by Gasteiger charge is 2.16. The average Bonchev–Trinajstić information content (AvgIpc) is 2.56. The van der Waals surface area contributed by atoms with Crippen molar-refractivity contribution in [3.05, 3.63) is 68.0 Å².